The van der Waals surface area contributed by atoms with E-state index in [4.69, 9.17) is 14.2 Å². The van der Waals surface area contributed by atoms with Gasteiger partial charge in [-0.3, -0.25) is 9.59 Å². The van der Waals surface area contributed by atoms with E-state index in [-0.39, 0.29) is 39.8 Å². The highest BCUT2D eigenvalue weighted by Gasteiger charge is 2.72. The number of carbonyl (C=O) groups is 3. The maximum atomic E-state index is 14.4. The Bertz CT molecular complexity index is 1140. The van der Waals surface area contributed by atoms with E-state index >= 15 is 0 Å². The van der Waals surface area contributed by atoms with Crippen LogP contribution in [0.5, 0.6) is 0 Å². The van der Waals surface area contributed by atoms with Crippen molar-refractivity contribution in [2.45, 2.75) is 112 Å². The first-order valence-corrected chi connectivity index (χ1v) is 15.3. The van der Waals surface area contributed by atoms with Gasteiger partial charge in [0.25, 0.3) is 0 Å². The van der Waals surface area contributed by atoms with Gasteiger partial charge in [0.1, 0.15) is 11.9 Å². The third kappa shape index (κ3) is 4.24. The molecule has 1 spiro atoms. The summed E-state index contributed by atoms with van der Waals surface area (Å²) in [5, 5.41) is 10.4. The third-order valence-electron chi connectivity index (χ3n) is 12.2. The number of aliphatic carboxylic acids is 1. The lowest BCUT2D eigenvalue weighted by Crippen LogP contribution is -2.66. The summed E-state index contributed by atoms with van der Waals surface area (Å²) < 4.78 is 18.3. The van der Waals surface area contributed by atoms with Gasteiger partial charge in [-0.1, -0.05) is 39.3 Å². The standard InChI is InChI=1S/C33H48O7/c1-19(2)9-8-10-22(29(36)37)27-24-17-25(35)28-30(5)13-14-33(38-15-16-39-33)20(3)23(30)11-12-31(28,6)32(24,7)18-26(27)40-21(4)34/h9,20,23-24,26,28H,8,10-18H2,1-7H3,(H,36,37)/b27-22-/t20-,23-,24-,26-,28-,30-,31-,32-/m0/s1. The summed E-state index contributed by atoms with van der Waals surface area (Å²) >= 11 is 0. The molecule has 8 atom stereocenters. The minimum atomic E-state index is -0.975. The molecule has 7 heteroatoms. The molecular formula is C33H48O7. The molecule has 5 rings (SSSR count). The Balaban J connectivity index is 1.57. The van der Waals surface area contributed by atoms with Crippen molar-refractivity contribution in [2.75, 3.05) is 13.2 Å². The Morgan fingerprint density at radius 2 is 1.73 bits per heavy atom. The number of esters is 1. The first-order chi connectivity index (χ1) is 18.7. The van der Waals surface area contributed by atoms with E-state index in [1.807, 2.05) is 19.9 Å². The SMILES string of the molecule is CC(=O)O[C@H]1C[C@@]2(C)[C@@H](CC(=O)[C@H]3[C@@]4(C)CCC5(OCCO5)[C@@H](C)[C@@H]4CC[C@@]32C)/C1=C(\CCC=C(C)C)C(=O)O. The molecule has 222 valence electrons. The second-order valence-corrected chi connectivity index (χ2v) is 14.3. The number of ether oxygens (including phenoxy) is 3. The van der Waals surface area contributed by atoms with E-state index in [9.17, 15) is 19.5 Å². The molecule has 7 nitrogen and oxygen atoms in total. The molecule has 0 radical (unpaired) electrons. The molecule has 40 heavy (non-hydrogen) atoms. The summed E-state index contributed by atoms with van der Waals surface area (Å²) in [6.07, 6.45) is 6.73. The highest BCUT2D eigenvalue weighted by atomic mass is 16.7. The summed E-state index contributed by atoms with van der Waals surface area (Å²) in [4.78, 5) is 39.4. The minimum Gasteiger partial charge on any atom is -0.478 e. The normalized spacial score (nSPS) is 43.0. The second-order valence-electron chi connectivity index (χ2n) is 14.3. The zero-order valence-corrected chi connectivity index (χ0v) is 25.4. The average molecular weight is 557 g/mol. The number of carboxylic acids is 1. The van der Waals surface area contributed by atoms with E-state index in [1.54, 1.807) is 0 Å². The molecule has 0 aromatic heterocycles. The van der Waals surface area contributed by atoms with Crippen LogP contribution in [0.3, 0.4) is 0 Å². The molecular weight excluding hydrogens is 508 g/mol. The predicted molar refractivity (Wildman–Crippen MR) is 150 cm³/mol. The second kappa shape index (κ2) is 10.1. The van der Waals surface area contributed by atoms with Gasteiger partial charge in [0, 0.05) is 37.2 Å². The number of ketones is 1. The Morgan fingerprint density at radius 3 is 2.33 bits per heavy atom. The van der Waals surface area contributed by atoms with E-state index in [2.05, 4.69) is 27.7 Å². The number of carbonyl (C=O) groups excluding carboxylic acids is 2. The molecule has 5 fully saturated rings. The van der Waals surface area contributed by atoms with Gasteiger partial charge in [0.15, 0.2) is 5.79 Å². The van der Waals surface area contributed by atoms with Crippen LogP contribution in [0.15, 0.2) is 22.8 Å². The van der Waals surface area contributed by atoms with Crippen LogP contribution in [0.4, 0.5) is 0 Å². The van der Waals surface area contributed by atoms with Crippen molar-refractivity contribution in [1.82, 2.24) is 0 Å². The highest BCUT2D eigenvalue weighted by Crippen LogP contribution is 2.74. The molecule has 0 amide bonds. The van der Waals surface area contributed by atoms with Crippen LogP contribution in [-0.2, 0) is 28.6 Å². The monoisotopic (exact) mass is 556 g/mol. The first-order valence-electron chi connectivity index (χ1n) is 15.3. The molecule has 1 N–H and O–H groups in total. The molecule has 4 aliphatic carbocycles. The lowest BCUT2D eigenvalue weighted by molar-refractivity contribution is -0.270. The molecule has 5 aliphatic rings. The quantitative estimate of drug-likeness (QED) is 0.242. The van der Waals surface area contributed by atoms with Gasteiger partial charge in [-0.05, 0) is 86.0 Å². The molecule has 0 bridgehead atoms. The summed E-state index contributed by atoms with van der Waals surface area (Å²) in [7, 11) is 0. The van der Waals surface area contributed by atoms with Gasteiger partial charge in [-0.2, -0.15) is 0 Å². The van der Waals surface area contributed by atoms with Gasteiger partial charge >= 0.3 is 11.9 Å². The lowest BCUT2D eigenvalue weighted by atomic mass is 9.36. The van der Waals surface area contributed by atoms with Gasteiger partial charge in [0.05, 0.1) is 13.2 Å². The molecule has 1 heterocycles. The van der Waals surface area contributed by atoms with Crippen molar-refractivity contribution < 1.29 is 33.7 Å². The number of Topliss-reactive ketones (excluding diaryl/α,β-unsaturated/α-hetero) is 1. The Morgan fingerprint density at radius 1 is 1.05 bits per heavy atom. The van der Waals surface area contributed by atoms with Crippen LogP contribution in [0.1, 0.15) is 99.8 Å². The van der Waals surface area contributed by atoms with Gasteiger partial charge in [-0.15, -0.1) is 0 Å². The number of carboxylic acid groups (broad SMARTS) is 1. The summed E-state index contributed by atoms with van der Waals surface area (Å²) in [5.41, 5.74) is 1.22. The zero-order chi connectivity index (χ0) is 29.3. The molecule has 1 saturated heterocycles. The van der Waals surface area contributed by atoms with E-state index in [0.29, 0.717) is 56.0 Å². The fourth-order valence-corrected chi connectivity index (χ4v) is 10.3. The van der Waals surface area contributed by atoms with Crippen molar-refractivity contribution in [3.8, 4) is 0 Å². The van der Waals surface area contributed by atoms with E-state index in [0.717, 1.165) is 31.3 Å². The van der Waals surface area contributed by atoms with Crippen LogP contribution in [0, 0.1) is 39.9 Å². The number of allylic oxidation sites excluding steroid dienone is 2. The topological polar surface area (TPSA) is 99.1 Å². The van der Waals surface area contributed by atoms with Crippen molar-refractivity contribution in [1.29, 1.82) is 0 Å². The van der Waals surface area contributed by atoms with Gasteiger partial charge < -0.3 is 19.3 Å². The average Bonchev–Trinajstić information content (AvgIpc) is 3.43. The molecule has 0 unspecified atom stereocenters. The van der Waals surface area contributed by atoms with E-state index in [1.165, 1.54) is 6.92 Å². The summed E-state index contributed by atoms with van der Waals surface area (Å²) in [6.45, 7) is 15.7. The van der Waals surface area contributed by atoms with Crippen LogP contribution >= 0.6 is 0 Å². The van der Waals surface area contributed by atoms with Crippen molar-refractivity contribution in [2.24, 2.45) is 39.9 Å². The fourth-order valence-electron chi connectivity index (χ4n) is 10.3. The molecule has 1 aliphatic heterocycles. The predicted octanol–water partition coefficient (Wildman–Crippen LogP) is 6.26. The Labute approximate surface area is 239 Å². The van der Waals surface area contributed by atoms with E-state index < -0.39 is 23.8 Å². The lowest BCUT2D eigenvalue weighted by Gasteiger charge is -2.67. The third-order valence-corrected chi connectivity index (χ3v) is 12.2. The largest absolute Gasteiger partial charge is 0.478 e. The Kier molecular flexibility index (Phi) is 7.43. The zero-order valence-electron chi connectivity index (χ0n) is 25.4. The van der Waals surface area contributed by atoms with Crippen LogP contribution in [-0.4, -0.2) is 47.9 Å². The first kappa shape index (κ1) is 29.5. The van der Waals surface area contributed by atoms with Gasteiger partial charge in [-0.25, -0.2) is 4.79 Å². The van der Waals surface area contributed by atoms with Crippen molar-refractivity contribution in [3.63, 3.8) is 0 Å². The highest BCUT2D eigenvalue weighted by molar-refractivity contribution is 5.90. The van der Waals surface area contributed by atoms with Crippen LogP contribution < -0.4 is 0 Å². The molecule has 0 aromatic carbocycles. The maximum Gasteiger partial charge on any atom is 0.331 e. The molecule has 4 saturated carbocycles. The van der Waals surface area contributed by atoms with Crippen LogP contribution in [0.25, 0.3) is 0 Å². The fraction of sp³-hybridized carbons (Fsp3) is 0.788. The van der Waals surface area contributed by atoms with Crippen molar-refractivity contribution in [3.05, 3.63) is 22.8 Å². The van der Waals surface area contributed by atoms with Crippen LogP contribution in [0.2, 0.25) is 0 Å². The maximum absolute atomic E-state index is 14.4. The minimum absolute atomic E-state index is 0.141. The summed E-state index contributed by atoms with van der Waals surface area (Å²) in [6, 6.07) is 0. The van der Waals surface area contributed by atoms with Crippen molar-refractivity contribution >= 4 is 17.7 Å². The number of hydrogen-bond acceptors (Lipinski definition) is 6. The molecule has 0 aromatic rings. The summed E-state index contributed by atoms with van der Waals surface area (Å²) in [5.74, 6) is -1.58. The number of rotatable bonds is 5. The van der Waals surface area contributed by atoms with Gasteiger partial charge in [0.2, 0.25) is 0 Å². The Hall–Kier alpha value is -1.99. The smallest absolute Gasteiger partial charge is 0.331 e. The number of hydrogen-bond donors (Lipinski definition) is 1. The number of fused-ring (bicyclic) bond motifs is 5.